The molecule has 0 aliphatic carbocycles. The van der Waals surface area contributed by atoms with E-state index in [1.807, 2.05) is 0 Å². The van der Waals surface area contributed by atoms with E-state index in [4.69, 9.17) is 14.2 Å². The molecule has 0 saturated carbocycles. The zero-order valence-corrected chi connectivity index (χ0v) is 13.1. The number of hydrogen-bond donors (Lipinski definition) is 1. The lowest BCUT2D eigenvalue weighted by Gasteiger charge is -2.35. The molecule has 0 radical (unpaired) electrons. The first kappa shape index (κ1) is 14.6. The minimum absolute atomic E-state index is 0.482. The summed E-state index contributed by atoms with van der Waals surface area (Å²) in [6.07, 6.45) is 0.173. The Morgan fingerprint density at radius 3 is 2.62 bits per heavy atom. The number of benzene rings is 1. The van der Waals surface area contributed by atoms with Gasteiger partial charge in [-0.25, -0.2) is 0 Å². The quantitative estimate of drug-likeness (QED) is 0.884. The van der Waals surface area contributed by atoms with Crippen LogP contribution >= 0.6 is 15.9 Å². The van der Waals surface area contributed by atoms with Gasteiger partial charge in [-0.15, -0.1) is 0 Å². The molecule has 0 spiro atoms. The molecular weight excluding hydrogens is 338 g/mol. The Balaban J connectivity index is 1.96. The fraction of sp³-hybridized carbons (Fsp3) is 0.533. The molecule has 1 N–H and O–H groups in total. The molecule has 0 bridgehead atoms. The maximum absolute atomic E-state index is 10.7. The third kappa shape index (κ3) is 2.61. The Hall–Kier alpha value is -1.29. The van der Waals surface area contributed by atoms with Crippen LogP contribution in [0.5, 0.6) is 11.5 Å². The molecule has 2 aliphatic heterocycles. The molecule has 1 saturated heterocycles. The minimum atomic E-state index is -0.876. The van der Waals surface area contributed by atoms with Crippen molar-refractivity contribution in [2.75, 3.05) is 26.4 Å². The van der Waals surface area contributed by atoms with E-state index in [0.717, 1.165) is 4.47 Å². The Labute approximate surface area is 131 Å². The van der Waals surface area contributed by atoms with E-state index in [2.05, 4.69) is 22.0 Å². The second kappa shape index (κ2) is 5.84. The molecule has 112 valence electrons. The molecule has 0 amide bonds. The smallest absolute Gasteiger partial charge is 0.175 e. The highest BCUT2D eigenvalue weighted by Crippen LogP contribution is 2.46. The predicted octanol–water partition coefficient (Wildman–Crippen LogP) is 2.57. The fourth-order valence-corrected chi connectivity index (χ4v) is 3.36. The van der Waals surface area contributed by atoms with Gasteiger partial charge in [0, 0.05) is 13.2 Å². The molecule has 21 heavy (non-hydrogen) atoms. The lowest BCUT2D eigenvalue weighted by atomic mass is 9.74. The maximum Gasteiger partial charge on any atom is 0.175 e. The first-order valence-corrected chi connectivity index (χ1v) is 7.72. The minimum Gasteiger partial charge on any atom is -0.486 e. The van der Waals surface area contributed by atoms with Gasteiger partial charge < -0.3 is 19.3 Å². The SMILES string of the molecule is N#CC1(C(O)c2cc(Br)c3c(c2)OCCO3)CCOCC1. The van der Waals surface area contributed by atoms with Gasteiger partial charge in [0.2, 0.25) is 0 Å². The van der Waals surface area contributed by atoms with Crippen LogP contribution in [0.25, 0.3) is 0 Å². The summed E-state index contributed by atoms with van der Waals surface area (Å²) in [5, 5.41) is 20.3. The highest BCUT2D eigenvalue weighted by molar-refractivity contribution is 9.10. The number of aliphatic hydroxyl groups excluding tert-OH is 1. The standard InChI is InChI=1S/C15H16BrNO4/c16-11-7-10(8-12-13(11)21-6-5-20-12)14(18)15(9-17)1-3-19-4-2-15/h7-8,14,18H,1-6H2. The summed E-state index contributed by atoms with van der Waals surface area (Å²) in [4.78, 5) is 0. The number of nitriles is 1. The van der Waals surface area contributed by atoms with Crippen molar-refractivity contribution in [3.05, 3.63) is 22.2 Å². The van der Waals surface area contributed by atoms with Gasteiger partial charge in [-0.2, -0.15) is 5.26 Å². The summed E-state index contributed by atoms with van der Waals surface area (Å²) in [6, 6.07) is 5.86. The predicted molar refractivity (Wildman–Crippen MR) is 78.2 cm³/mol. The molecule has 5 nitrogen and oxygen atoms in total. The van der Waals surface area contributed by atoms with Crippen molar-refractivity contribution in [3.63, 3.8) is 0 Å². The number of halogens is 1. The van der Waals surface area contributed by atoms with Gasteiger partial charge in [0.1, 0.15) is 13.2 Å². The van der Waals surface area contributed by atoms with E-state index in [9.17, 15) is 10.4 Å². The lowest BCUT2D eigenvalue weighted by Crippen LogP contribution is -2.34. The third-order valence-electron chi connectivity index (χ3n) is 4.07. The van der Waals surface area contributed by atoms with Gasteiger partial charge in [-0.3, -0.25) is 0 Å². The van der Waals surface area contributed by atoms with Crippen molar-refractivity contribution in [2.24, 2.45) is 5.41 Å². The largest absolute Gasteiger partial charge is 0.486 e. The number of rotatable bonds is 2. The third-order valence-corrected chi connectivity index (χ3v) is 4.66. The number of nitrogens with zero attached hydrogens (tertiary/aromatic N) is 1. The zero-order chi connectivity index (χ0) is 14.9. The average Bonchev–Trinajstić information content (AvgIpc) is 2.54. The van der Waals surface area contributed by atoms with E-state index in [1.54, 1.807) is 12.1 Å². The van der Waals surface area contributed by atoms with Crippen molar-refractivity contribution in [1.82, 2.24) is 0 Å². The number of aliphatic hydroxyl groups is 1. The van der Waals surface area contributed by atoms with E-state index in [1.165, 1.54) is 0 Å². The molecule has 1 aromatic rings. The molecule has 2 aliphatic rings. The highest BCUT2D eigenvalue weighted by Gasteiger charge is 2.41. The van der Waals surface area contributed by atoms with Crippen molar-refractivity contribution >= 4 is 15.9 Å². The van der Waals surface area contributed by atoms with Gasteiger partial charge in [-0.05, 0) is 46.5 Å². The normalized spacial score (nSPS) is 21.4. The van der Waals surface area contributed by atoms with Gasteiger partial charge in [0.05, 0.1) is 22.1 Å². The second-order valence-corrected chi connectivity index (χ2v) is 6.16. The Bertz CT molecular complexity index is 578. The number of fused-ring (bicyclic) bond motifs is 1. The van der Waals surface area contributed by atoms with Crippen molar-refractivity contribution in [1.29, 1.82) is 5.26 Å². The first-order chi connectivity index (χ1) is 10.2. The van der Waals surface area contributed by atoms with E-state index >= 15 is 0 Å². The van der Waals surface area contributed by atoms with Gasteiger partial charge in [0.15, 0.2) is 11.5 Å². The molecule has 2 heterocycles. The Morgan fingerprint density at radius 2 is 1.90 bits per heavy atom. The monoisotopic (exact) mass is 353 g/mol. The molecule has 6 heteroatoms. The highest BCUT2D eigenvalue weighted by atomic mass is 79.9. The molecule has 1 atom stereocenters. The summed E-state index contributed by atoms with van der Waals surface area (Å²) < 4.78 is 17.2. The van der Waals surface area contributed by atoms with Crippen LogP contribution in [0.1, 0.15) is 24.5 Å². The zero-order valence-electron chi connectivity index (χ0n) is 11.5. The van der Waals surface area contributed by atoms with Crippen molar-refractivity contribution in [2.45, 2.75) is 18.9 Å². The van der Waals surface area contributed by atoms with E-state index < -0.39 is 11.5 Å². The van der Waals surface area contributed by atoms with Crippen LogP contribution in [0, 0.1) is 16.7 Å². The Kier molecular flexibility index (Phi) is 4.07. The maximum atomic E-state index is 10.7. The van der Waals surface area contributed by atoms with Gasteiger partial charge in [-0.1, -0.05) is 0 Å². The molecule has 1 unspecified atom stereocenters. The second-order valence-electron chi connectivity index (χ2n) is 5.31. The van der Waals surface area contributed by atoms with E-state index in [-0.39, 0.29) is 0 Å². The van der Waals surface area contributed by atoms with E-state index in [0.29, 0.717) is 56.3 Å². The summed E-state index contributed by atoms with van der Waals surface area (Å²) in [6.45, 7) is 1.98. The topological polar surface area (TPSA) is 71.7 Å². The molecular formula is C15H16BrNO4. The summed E-state index contributed by atoms with van der Waals surface area (Å²) >= 11 is 3.44. The summed E-state index contributed by atoms with van der Waals surface area (Å²) in [5.74, 6) is 1.25. The van der Waals surface area contributed by atoms with Crippen LogP contribution in [0.3, 0.4) is 0 Å². The lowest BCUT2D eigenvalue weighted by molar-refractivity contribution is -0.0311. The number of hydrogen-bond acceptors (Lipinski definition) is 5. The molecule has 3 rings (SSSR count). The number of ether oxygens (including phenoxy) is 3. The van der Waals surface area contributed by atoms with Crippen LogP contribution in [-0.2, 0) is 4.74 Å². The average molecular weight is 354 g/mol. The first-order valence-electron chi connectivity index (χ1n) is 6.92. The fourth-order valence-electron chi connectivity index (χ4n) is 2.79. The molecule has 0 aromatic heterocycles. The van der Waals surface area contributed by atoms with Crippen LogP contribution in [0.4, 0.5) is 0 Å². The van der Waals surface area contributed by atoms with Gasteiger partial charge in [0.25, 0.3) is 0 Å². The van der Waals surface area contributed by atoms with Crippen LogP contribution in [0.15, 0.2) is 16.6 Å². The Morgan fingerprint density at radius 1 is 1.19 bits per heavy atom. The van der Waals surface area contributed by atoms with Crippen LogP contribution < -0.4 is 9.47 Å². The van der Waals surface area contributed by atoms with Crippen molar-refractivity contribution < 1.29 is 19.3 Å². The molecule has 1 aromatic carbocycles. The van der Waals surface area contributed by atoms with Gasteiger partial charge >= 0.3 is 0 Å². The van der Waals surface area contributed by atoms with Crippen LogP contribution in [0.2, 0.25) is 0 Å². The van der Waals surface area contributed by atoms with Crippen LogP contribution in [-0.4, -0.2) is 31.5 Å². The molecule has 1 fully saturated rings. The summed E-state index contributed by atoms with van der Waals surface area (Å²) in [7, 11) is 0. The summed E-state index contributed by atoms with van der Waals surface area (Å²) in [5.41, 5.74) is -0.142. The van der Waals surface area contributed by atoms with Crippen molar-refractivity contribution in [3.8, 4) is 17.6 Å².